The average Bonchev–Trinajstić information content (AvgIpc) is 3.02. The van der Waals surface area contributed by atoms with Crippen molar-refractivity contribution in [3.05, 3.63) is 40.3 Å². The highest BCUT2D eigenvalue weighted by atomic mass is 32.1. The number of hydrogen-bond donors (Lipinski definition) is 1. The van der Waals surface area contributed by atoms with Crippen LogP contribution in [0.25, 0.3) is 0 Å². The van der Waals surface area contributed by atoms with E-state index in [0.29, 0.717) is 22.0 Å². The van der Waals surface area contributed by atoms with Gasteiger partial charge in [-0.15, -0.1) is 11.3 Å². The van der Waals surface area contributed by atoms with Crippen LogP contribution in [0, 0.1) is 0 Å². The summed E-state index contributed by atoms with van der Waals surface area (Å²) in [5.41, 5.74) is 1.24. The van der Waals surface area contributed by atoms with Crippen LogP contribution >= 0.6 is 11.3 Å². The number of nitrogens with zero attached hydrogens (tertiary/aromatic N) is 1. The van der Waals surface area contributed by atoms with Gasteiger partial charge in [0.15, 0.2) is 6.10 Å². The quantitative estimate of drug-likeness (QED) is 0.878. The normalized spacial score (nSPS) is 17.9. The summed E-state index contributed by atoms with van der Waals surface area (Å²) >= 11 is 1.38. The van der Waals surface area contributed by atoms with Crippen LogP contribution in [-0.4, -0.2) is 30.1 Å². The van der Waals surface area contributed by atoms with Crippen LogP contribution in [0.5, 0.6) is 5.75 Å². The first-order valence-corrected chi connectivity index (χ1v) is 7.57. The largest absolute Gasteiger partial charge is 0.479 e. The maximum absolute atomic E-state index is 12.1. The second kappa shape index (κ2) is 5.76. The predicted octanol–water partition coefficient (Wildman–Crippen LogP) is 2.17. The van der Waals surface area contributed by atoms with Crippen molar-refractivity contribution in [2.75, 3.05) is 12.4 Å². The number of ether oxygens (including phenoxy) is 2. The second-order valence-electron chi connectivity index (χ2n) is 4.83. The first-order chi connectivity index (χ1) is 10.6. The van der Waals surface area contributed by atoms with E-state index in [0.717, 1.165) is 0 Å². The zero-order chi connectivity index (χ0) is 15.7. The first-order valence-electron chi connectivity index (χ1n) is 6.69. The number of thiazole rings is 1. The van der Waals surface area contributed by atoms with Crippen molar-refractivity contribution >= 4 is 28.9 Å². The third-order valence-electron chi connectivity index (χ3n) is 3.40. The highest BCUT2D eigenvalue weighted by Crippen LogP contribution is 2.35. The van der Waals surface area contributed by atoms with Crippen molar-refractivity contribution in [2.45, 2.75) is 18.9 Å². The summed E-state index contributed by atoms with van der Waals surface area (Å²) in [5.74, 6) is -0.648. The van der Waals surface area contributed by atoms with Crippen LogP contribution in [-0.2, 0) is 14.3 Å². The molecule has 0 aliphatic carbocycles. The summed E-state index contributed by atoms with van der Waals surface area (Å²) in [6.45, 7) is 1.68. The van der Waals surface area contributed by atoms with Gasteiger partial charge in [-0.3, -0.25) is 9.59 Å². The molecule has 1 aromatic heterocycles. The Bertz CT molecular complexity index is 714. The van der Waals surface area contributed by atoms with E-state index in [4.69, 9.17) is 9.47 Å². The fourth-order valence-electron chi connectivity index (χ4n) is 2.28. The minimum atomic E-state index is -0.619. The zero-order valence-corrected chi connectivity index (χ0v) is 12.8. The Balaban J connectivity index is 2.01. The van der Waals surface area contributed by atoms with E-state index >= 15 is 0 Å². The lowest BCUT2D eigenvalue weighted by Gasteiger charge is -2.24. The van der Waals surface area contributed by atoms with Gasteiger partial charge in [-0.05, 0) is 24.6 Å². The van der Waals surface area contributed by atoms with Crippen molar-refractivity contribution in [1.82, 2.24) is 4.98 Å². The SMILES string of the molecule is COC(=O)C(c1ccc2c(c1)NC(=O)C(C)O2)c1nccs1. The molecule has 1 aromatic carbocycles. The number of rotatable bonds is 3. The van der Waals surface area contributed by atoms with Gasteiger partial charge >= 0.3 is 5.97 Å². The highest BCUT2D eigenvalue weighted by molar-refractivity contribution is 7.09. The Morgan fingerprint density at radius 1 is 1.50 bits per heavy atom. The number of methoxy groups -OCH3 is 1. The van der Waals surface area contributed by atoms with E-state index in [1.807, 2.05) is 0 Å². The molecule has 1 aliphatic rings. The van der Waals surface area contributed by atoms with Crippen molar-refractivity contribution in [2.24, 2.45) is 0 Å². The molecule has 1 aliphatic heterocycles. The Morgan fingerprint density at radius 3 is 3.00 bits per heavy atom. The second-order valence-corrected chi connectivity index (χ2v) is 5.76. The molecule has 0 spiro atoms. The molecule has 3 rings (SSSR count). The number of carbonyl (C=O) groups excluding carboxylic acids is 2. The molecule has 0 saturated heterocycles. The van der Waals surface area contributed by atoms with Gasteiger partial charge in [-0.1, -0.05) is 6.07 Å². The van der Waals surface area contributed by atoms with Gasteiger partial charge in [0.1, 0.15) is 16.7 Å². The van der Waals surface area contributed by atoms with E-state index < -0.39 is 18.0 Å². The van der Waals surface area contributed by atoms with E-state index in [1.54, 1.807) is 36.7 Å². The summed E-state index contributed by atoms with van der Waals surface area (Å²) in [6, 6.07) is 5.25. The van der Waals surface area contributed by atoms with Crippen LogP contribution in [0.15, 0.2) is 29.8 Å². The number of nitrogens with one attached hydrogen (secondary N) is 1. The number of fused-ring (bicyclic) bond motifs is 1. The molecule has 2 heterocycles. The van der Waals surface area contributed by atoms with Crippen molar-refractivity contribution in [3.63, 3.8) is 0 Å². The van der Waals surface area contributed by atoms with Crippen LogP contribution in [0.4, 0.5) is 5.69 Å². The number of benzene rings is 1. The van der Waals surface area contributed by atoms with Crippen molar-refractivity contribution in [3.8, 4) is 5.75 Å². The fraction of sp³-hybridized carbons (Fsp3) is 0.267. The highest BCUT2D eigenvalue weighted by Gasteiger charge is 2.29. The molecule has 114 valence electrons. The fourth-order valence-corrected chi connectivity index (χ4v) is 3.03. The van der Waals surface area contributed by atoms with Gasteiger partial charge in [0.25, 0.3) is 5.91 Å². The van der Waals surface area contributed by atoms with Gasteiger partial charge in [0.2, 0.25) is 0 Å². The predicted molar refractivity (Wildman–Crippen MR) is 81.1 cm³/mol. The third kappa shape index (κ3) is 2.55. The first kappa shape index (κ1) is 14.5. The molecule has 0 saturated carbocycles. The molecule has 22 heavy (non-hydrogen) atoms. The van der Waals surface area contributed by atoms with Gasteiger partial charge in [-0.25, -0.2) is 4.98 Å². The lowest BCUT2D eigenvalue weighted by atomic mass is 9.98. The molecule has 2 aromatic rings. The topological polar surface area (TPSA) is 77.5 Å². The van der Waals surface area contributed by atoms with E-state index in [-0.39, 0.29) is 5.91 Å². The minimum Gasteiger partial charge on any atom is -0.479 e. The maximum atomic E-state index is 12.1. The minimum absolute atomic E-state index is 0.214. The molecular formula is C15H14N2O4S. The number of aromatic nitrogens is 1. The van der Waals surface area contributed by atoms with Gasteiger partial charge < -0.3 is 14.8 Å². The standard InChI is InChI=1S/C15H14N2O4S/c1-8-13(18)17-10-7-9(3-4-11(10)21-8)12(15(19)20-2)14-16-5-6-22-14/h3-8,12H,1-2H3,(H,17,18). The monoisotopic (exact) mass is 318 g/mol. The van der Waals surface area contributed by atoms with E-state index in [2.05, 4.69) is 10.3 Å². The number of hydrogen-bond acceptors (Lipinski definition) is 6. The maximum Gasteiger partial charge on any atom is 0.320 e. The van der Waals surface area contributed by atoms with Crippen LogP contribution in [0.3, 0.4) is 0 Å². The Hall–Kier alpha value is -2.41. The van der Waals surface area contributed by atoms with Crippen LogP contribution < -0.4 is 10.1 Å². The summed E-state index contributed by atoms with van der Waals surface area (Å²) in [5, 5.41) is 5.22. The zero-order valence-electron chi connectivity index (χ0n) is 12.0. The smallest absolute Gasteiger partial charge is 0.320 e. The molecule has 1 amide bonds. The lowest BCUT2D eigenvalue weighted by molar-refractivity contribution is -0.141. The summed E-state index contributed by atoms with van der Waals surface area (Å²) < 4.78 is 10.4. The Kier molecular flexibility index (Phi) is 3.81. The van der Waals surface area contributed by atoms with E-state index in [1.165, 1.54) is 18.4 Å². The summed E-state index contributed by atoms with van der Waals surface area (Å²) in [4.78, 5) is 28.0. The molecule has 0 fully saturated rings. The van der Waals surface area contributed by atoms with Crippen LogP contribution in [0.1, 0.15) is 23.4 Å². The number of carbonyl (C=O) groups is 2. The Morgan fingerprint density at radius 2 is 2.32 bits per heavy atom. The molecule has 2 atom stereocenters. The number of amides is 1. The van der Waals surface area contributed by atoms with E-state index in [9.17, 15) is 9.59 Å². The average molecular weight is 318 g/mol. The molecular weight excluding hydrogens is 304 g/mol. The third-order valence-corrected chi connectivity index (χ3v) is 4.24. The Labute approximate surface area is 131 Å². The molecule has 0 bridgehead atoms. The molecule has 7 heteroatoms. The van der Waals surface area contributed by atoms with Crippen molar-refractivity contribution in [1.29, 1.82) is 0 Å². The summed E-state index contributed by atoms with van der Waals surface area (Å²) in [7, 11) is 1.34. The summed E-state index contributed by atoms with van der Waals surface area (Å²) in [6.07, 6.45) is 1.11. The lowest BCUT2D eigenvalue weighted by Crippen LogP contribution is -2.34. The number of esters is 1. The molecule has 2 unspecified atom stereocenters. The van der Waals surface area contributed by atoms with Gasteiger partial charge in [-0.2, -0.15) is 0 Å². The number of anilines is 1. The van der Waals surface area contributed by atoms with Gasteiger partial charge in [0, 0.05) is 11.6 Å². The molecule has 0 radical (unpaired) electrons. The van der Waals surface area contributed by atoms with Crippen molar-refractivity contribution < 1.29 is 19.1 Å². The van der Waals surface area contributed by atoms with Gasteiger partial charge in [0.05, 0.1) is 12.8 Å². The van der Waals surface area contributed by atoms with Crippen LogP contribution in [0.2, 0.25) is 0 Å². The molecule has 6 nitrogen and oxygen atoms in total. The molecule has 1 N–H and O–H groups in total.